The zero-order chi connectivity index (χ0) is 33.3. The van der Waals surface area contributed by atoms with Crippen molar-refractivity contribution >= 4 is 28.9 Å². The van der Waals surface area contributed by atoms with E-state index in [0.717, 1.165) is 59.9 Å². The molecule has 2 amide bonds. The Morgan fingerprint density at radius 2 is 1.79 bits per heavy atom. The summed E-state index contributed by atoms with van der Waals surface area (Å²) in [6, 6.07) is 7.56. The number of aliphatic carboxylic acids is 1. The minimum Gasteiger partial charge on any atom is -0.481 e. The highest BCUT2D eigenvalue weighted by Crippen LogP contribution is 2.68. The van der Waals surface area contributed by atoms with Crippen LogP contribution in [0.3, 0.4) is 0 Å². The quantitative estimate of drug-likeness (QED) is 0.198. The van der Waals surface area contributed by atoms with Crippen LogP contribution in [0.2, 0.25) is 0 Å². The Hall–Kier alpha value is -3.03. The number of aromatic amines is 1. The van der Waals surface area contributed by atoms with Gasteiger partial charge in [0.2, 0.25) is 5.91 Å². The van der Waals surface area contributed by atoms with Crippen molar-refractivity contribution in [2.24, 2.45) is 46.3 Å². The molecular formula is C39H57N3O5. The van der Waals surface area contributed by atoms with E-state index in [1.807, 2.05) is 37.4 Å². The molecule has 6 rings (SSSR count). The lowest BCUT2D eigenvalue weighted by Crippen LogP contribution is -2.54. The maximum atomic E-state index is 13.2. The van der Waals surface area contributed by atoms with Crippen molar-refractivity contribution in [3.05, 3.63) is 36.0 Å². The first-order chi connectivity index (χ1) is 22.5. The van der Waals surface area contributed by atoms with Gasteiger partial charge in [-0.2, -0.15) is 0 Å². The number of hydrogen-bond donors (Lipinski definition) is 4. The second-order valence-electron chi connectivity index (χ2n) is 16.2. The highest BCUT2D eigenvalue weighted by molar-refractivity contribution is 5.83. The molecule has 0 aliphatic heterocycles. The van der Waals surface area contributed by atoms with Crippen LogP contribution in [0.15, 0.2) is 30.5 Å². The molecule has 1 heterocycles. The molecule has 0 saturated heterocycles. The fourth-order valence-corrected chi connectivity index (χ4v) is 11.4. The molecule has 4 fully saturated rings. The molecule has 1 aromatic heterocycles. The van der Waals surface area contributed by atoms with Crippen LogP contribution in [-0.4, -0.2) is 46.8 Å². The molecular weight excluding hydrogens is 590 g/mol. The van der Waals surface area contributed by atoms with Gasteiger partial charge in [-0.3, -0.25) is 9.59 Å². The van der Waals surface area contributed by atoms with Crippen LogP contribution in [0, 0.1) is 46.3 Å². The number of carbonyl (C=O) groups is 3. The van der Waals surface area contributed by atoms with Crippen molar-refractivity contribution in [1.29, 1.82) is 0 Å². The molecule has 8 nitrogen and oxygen atoms in total. The summed E-state index contributed by atoms with van der Waals surface area (Å²) in [6.07, 6.45) is 14.2. The van der Waals surface area contributed by atoms with Gasteiger partial charge < -0.3 is 25.5 Å². The topological polar surface area (TPSA) is 121 Å². The number of para-hydroxylation sites is 1. The van der Waals surface area contributed by atoms with Crippen LogP contribution in [0.4, 0.5) is 4.79 Å². The van der Waals surface area contributed by atoms with Gasteiger partial charge in [-0.25, -0.2) is 4.79 Å². The molecule has 4 aliphatic rings. The summed E-state index contributed by atoms with van der Waals surface area (Å²) in [4.78, 5) is 40.3. The first-order valence-electron chi connectivity index (χ1n) is 18.5. The van der Waals surface area contributed by atoms with E-state index in [4.69, 9.17) is 4.74 Å². The number of benzene rings is 1. The van der Waals surface area contributed by atoms with Gasteiger partial charge in [0.05, 0.1) is 6.42 Å². The number of carboxylic acid groups (broad SMARTS) is 1. The minimum absolute atomic E-state index is 0.0376. The lowest BCUT2D eigenvalue weighted by molar-refractivity contribution is -0.137. The maximum Gasteiger partial charge on any atom is 0.407 e. The number of amides is 2. The number of aromatic nitrogens is 1. The van der Waals surface area contributed by atoms with Gasteiger partial charge in [-0.1, -0.05) is 39.0 Å². The summed E-state index contributed by atoms with van der Waals surface area (Å²) in [7, 11) is 0. The Labute approximate surface area is 280 Å². The molecule has 4 saturated carbocycles. The summed E-state index contributed by atoms with van der Waals surface area (Å²) in [5, 5.41) is 16.5. The lowest BCUT2D eigenvalue weighted by atomic mass is 9.44. The van der Waals surface area contributed by atoms with Crippen LogP contribution < -0.4 is 10.6 Å². The third kappa shape index (κ3) is 6.80. The fraction of sp³-hybridized carbons (Fsp3) is 0.718. The minimum atomic E-state index is -0.896. The molecule has 258 valence electrons. The number of ether oxygens (including phenoxy) is 1. The number of rotatable bonds is 11. The fourth-order valence-electron chi connectivity index (χ4n) is 11.4. The molecule has 10 atom stereocenters. The van der Waals surface area contributed by atoms with Crippen LogP contribution in [0.25, 0.3) is 10.9 Å². The number of nitrogens with one attached hydrogen (secondary N) is 3. The highest BCUT2D eigenvalue weighted by Gasteiger charge is 2.60. The van der Waals surface area contributed by atoms with Crippen molar-refractivity contribution < 1.29 is 24.2 Å². The maximum absolute atomic E-state index is 13.2. The van der Waals surface area contributed by atoms with E-state index in [0.29, 0.717) is 48.0 Å². The Balaban J connectivity index is 1.04. The van der Waals surface area contributed by atoms with Gasteiger partial charge in [-0.15, -0.1) is 0 Å². The molecule has 8 heteroatoms. The summed E-state index contributed by atoms with van der Waals surface area (Å²) < 4.78 is 5.80. The molecule has 0 bridgehead atoms. The number of hydrogen-bond acceptors (Lipinski definition) is 4. The van der Waals surface area contributed by atoms with E-state index >= 15 is 0 Å². The van der Waals surface area contributed by atoms with Crippen molar-refractivity contribution in [1.82, 2.24) is 15.6 Å². The van der Waals surface area contributed by atoms with Crippen molar-refractivity contribution in [3.63, 3.8) is 0 Å². The second kappa shape index (κ2) is 13.8. The SMILES string of the molecule is CCNC(=O)O[C@@H]1CC[C@]2(C)C3CC[C@@]4(C)C(CC[C@@H]4[C@H](C)CCC(=O)N[C@H](CC(=O)O)Cc4c[nH]c5ccccc45)C3CC[C@@H]2C1. The molecule has 3 unspecified atom stereocenters. The predicted molar refractivity (Wildman–Crippen MR) is 184 cm³/mol. The zero-order valence-corrected chi connectivity index (χ0v) is 29.0. The van der Waals surface area contributed by atoms with E-state index in [2.05, 4.69) is 36.4 Å². The van der Waals surface area contributed by atoms with Gasteiger partial charge in [0, 0.05) is 36.1 Å². The largest absolute Gasteiger partial charge is 0.481 e. The molecule has 4 aliphatic carbocycles. The number of carboxylic acids is 1. The molecule has 4 N–H and O–H groups in total. The van der Waals surface area contributed by atoms with E-state index in [-0.39, 0.29) is 24.5 Å². The van der Waals surface area contributed by atoms with Crippen LogP contribution in [0.1, 0.15) is 110 Å². The summed E-state index contributed by atoms with van der Waals surface area (Å²) in [5.74, 6) is 3.06. The highest BCUT2D eigenvalue weighted by atomic mass is 16.6. The van der Waals surface area contributed by atoms with Crippen LogP contribution >= 0.6 is 0 Å². The summed E-state index contributed by atoms with van der Waals surface area (Å²) >= 11 is 0. The smallest absolute Gasteiger partial charge is 0.407 e. The van der Waals surface area contributed by atoms with E-state index in [1.54, 1.807) is 0 Å². The van der Waals surface area contributed by atoms with E-state index in [9.17, 15) is 19.5 Å². The second-order valence-corrected chi connectivity index (χ2v) is 16.2. The molecule has 1 aromatic carbocycles. The molecule has 47 heavy (non-hydrogen) atoms. The Bertz CT molecular complexity index is 1440. The van der Waals surface area contributed by atoms with Gasteiger partial charge in [0.25, 0.3) is 0 Å². The summed E-state index contributed by atoms with van der Waals surface area (Å²) in [6.45, 7) is 10.0. The predicted octanol–water partition coefficient (Wildman–Crippen LogP) is 7.86. The van der Waals surface area contributed by atoms with Gasteiger partial charge >= 0.3 is 12.1 Å². The average Bonchev–Trinajstić information content (AvgIpc) is 3.60. The average molecular weight is 648 g/mol. The number of carbonyl (C=O) groups excluding carboxylic acids is 2. The lowest BCUT2D eigenvalue weighted by Gasteiger charge is -2.61. The number of alkyl carbamates (subject to hydrolysis) is 1. The standard InChI is InChI=1S/C39H57N3O5/c1-5-40-37(46)47-28-16-18-38(3)26(21-28)11-12-30-32-14-13-31(39(32,4)19-17-33(30)38)24(2)10-15-35(43)42-27(22-36(44)45)20-25-23-41-34-9-7-6-8-29(25)34/h6-9,23-24,26-28,30-33,41H,5,10-22H2,1-4H3,(H,40,46)(H,42,43)(H,44,45)/t24-,26-,27+,28-,30?,31-,32?,33?,38+,39-/m1/s1. The zero-order valence-electron chi connectivity index (χ0n) is 29.0. The van der Waals surface area contributed by atoms with Gasteiger partial charge in [0.1, 0.15) is 6.10 Å². The van der Waals surface area contributed by atoms with Crippen LogP contribution in [-0.2, 0) is 20.7 Å². The molecule has 0 radical (unpaired) electrons. The molecule has 2 aromatic rings. The van der Waals surface area contributed by atoms with Gasteiger partial charge in [0.15, 0.2) is 0 Å². The normalized spacial score (nSPS) is 34.4. The van der Waals surface area contributed by atoms with Crippen molar-refractivity contribution in [3.8, 4) is 0 Å². The Morgan fingerprint density at radius 1 is 1.02 bits per heavy atom. The Morgan fingerprint density at radius 3 is 2.57 bits per heavy atom. The van der Waals surface area contributed by atoms with Crippen LogP contribution in [0.5, 0.6) is 0 Å². The third-order valence-electron chi connectivity index (χ3n) is 13.7. The number of fused-ring (bicyclic) bond motifs is 6. The van der Waals surface area contributed by atoms with Gasteiger partial charge in [-0.05, 0) is 136 Å². The third-order valence-corrected chi connectivity index (χ3v) is 13.7. The van der Waals surface area contributed by atoms with E-state index in [1.165, 1.54) is 38.5 Å². The molecule has 0 spiro atoms. The summed E-state index contributed by atoms with van der Waals surface area (Å²) in [5.41, 5.74) is 2.71. The number of H-pyrrole nitrogens is 1. The first-order valence-corrected chi connectivity index (χ1v) is 18.5. The van der Waals surface area contributed by atoms with Crippen molar-refractivity contribution in [2.75, 3.05) is 6.54 Å². The first kappa shape index (κ1) is 33.9. The van der Waals surface area contributed by atoms with E-state index < -0.39 is 12.0 Å². The monoisotopic (exact) mass is 647 g/mol. The van der Waals surface area contributed by atoms with Crippen molar-refractivity contribution in [2.45, 2.75) is 123 Å². The Kier molecular flexibility index (Phi) is 9.96.